The molecule has 0 spiro atoms. The highest BCUT2D eigenvalue weighted by Gasteiger charge is 2.23. The van der Waals surface area contributed by atoms with Gasteiger partial charge in [-0.15, -0.1) is 11.3 Å². The molecule has 0 bridgehead atoms. The fourth-order valence-electron chi connectivity index (χ4n) is 3.75. The minimum atomic E-state index is -0.760. The molecule has 5 rings (SSSR count). The van der Waals surface area contributed by atoms with E-state index in [0.29, 0.717) is 38.1 Å². The van der Waals surface area contributed by atoms with Crippen LogP contribution in [-0.4, -0.2) is 53.1 Å². The Hall–Kier alpha value is -2.61. The lowest BCUT2D eigenvalue weighted by atomic mass is 10.1. The maximum atomic E-state index is 13.4. The summed E-state index contributed by atoms with van der Waals surface area (Å²) in [6.45, 7) is 2.63. The van der Waals surface area contributed by atoms with E-state index >= 15 is 0 Å². The van der Waals surface area contributed by atoms with Gasteiger partial charge in [-0.2, -0.15) is 0 Å². The number of alkyl halides is 1. The molecular weight excluding hydrogens is 377 g/mol. The van der Waals surface area contributed by atoms with Gasteiger partial charge in [-0.1, -0.05) is 0 Å². The highest BCUT2D eigenvalue weighted by Crippen LogP contribution is 2.32. The summed E-state index contributed by atoms with van der Waals surface area (Å²) in [4.78, 5) is 29.3. The predicted molar refractivity (Wildman–Crippen MR) is 109 cm³/mol. The van der Waals surface area contributed by atoms with Crippen LogP contribution in [0.15, 0.2) is 30.6 Å². The second-order valence-electron chi connectivity index (χ2n) is 7.30. The highest BCUT2D eigenvalue weighted by molar-refractivity contribution is 7.21. The molecule has 0 radical (unpaired) electrons. The van der Waals surface area contributed by atoms with Gasteiger partial charge >= 0.3 is 0 Å². The quantitative estimate of drug-likeness (QED) is 0.674. The first kappa shape index (κ1) is 17.5. The number of pyridine rings is 2. The maximum Gasteiger partial charge on any atom is 0.171 e. The molecule has 144 valence electrons. The molecular formula is C20H20FN5OS. The number of nitrogens with zero attached hydrogens (tertiary/aromatic N) is 5. The third-order valence-corrected chi connectivity index (χ3v) is 6.41. The highest BCUT2D eigenvalue weighted by atomic mass is 32.1. The van der Waals surface area contributed by atoms with Crippen molar-refractivity contribution >= 4 is 39.0 Å². The number of anilines is 2. The van der Waals surface area contributed by atoms with E-state index in [0.717, 1.165) is 45.5 Å². The number of halogens is 1. The largest absolute Gasteiger partial charge is 0.369 e. The van der Waals surface area contributed by atoms with Gasteiger partial charge in [0.15, 0.2) is 5.65 Å². The van der Waals surface area contributed by atoms with Crippen molar-refractivity contribution in [2.24, 2.45) is 0 Å². The topological polar surface area (TPSA) is 62.2 Å². The summed E-state index contributed by atoms with van der Waals surface area (Å²) < 4.78 is 14.4. The summed E-state index contributed by atoms with van der Waals surface area (Å²) in [5, 5.41) is 0.873. The Kier molecular flexibility index (Phi) is 4.43. The monoisotopic (exact) mass is 397 g/mol. The Morgan fingerprint density at radius 3 is 2.64 bits per heavy atom. The van der Waals surface area contributed by atoms with E-state index in [2.05, 4.69) is 25.9 Å². The van der Waals surface area contributed by atoms with Gasteiger partial charge in [0.25, 0.3) is 0 Å². The predicted octanol–water partition coefficient (Wildman–Crippen LogP) is 3.47. The number of carbonyl (C=O) groups is 1. The molecule has 1 atom stereocenters. The lowest BCUT2D eigenvalue weighted by Gasteiger charge is -2.27. The zero-order chi connectivity index (χ0) is 19.1. The van der Waals surface area contributed by atoms with Gasteiger partial charge in [0.1, 0.15) is 22.8 Å². The van der Waals surface area contributed by atoms with Gasteiger partial charge in [-0.3, -0.25) is 4.79 Å². The van der Waals surface area contributed by atoms with Crippen molar-refractivity contribution in [1.29, 1.82) is 0 Å². The molecule has 6 nitrogen and oxygen atoms in total. The van der Waals surface area contributed by atoms with Crippen molar-refractivity contribution < 1.29 is 9.18 Å². The summed E-state index contributed by atoms with van der Waals surface area (Å²) in [6, 6.07) is 6.03. The molecule has 3 aromatic rings. The van der Waals surface area contributed by atoms with Crippen molar-refractivity contribution in [1.82, 2.24) is 15.0 Å². The lowest BCUT2D eigenvalue weighted by molar-refractivity contribution is -0.119. The van der Waals surface area contributed by atoms with E-state index in [1.165, 1.54) is 0 Å². The molecule has 2 saturated heterocycles. The standard InChI is InChI=1S/C20H20FN5OS/c21-14-3-6-26(12-14)18-2-1-13(10-22-18)20-24-19-17(28-20)9-15(11-23-19)25-7-4-16(27)5-8-25/h1-2,9-11,14H,3-8,12H2/t14-/m1/s1. The number of ketones is 1. The van der Waals surface area contributed by atoms with Crippen LogP contribution < -0.4 is 9.80 Å². The summed E-state index contributed by atoms with van der Waals surface area (Å²) in [6.07, 6.45) is 4.65. The van der Waals surface area contributed by atoms with Crippen LogP contribution in [0.2, 0.25) is 0 Å². The molecule has 2 aliphatic rings. The van der Waals surface area contributed by atoms with Crippen LogP contribution in [0.4, 0.5) is 15.9 Å². The van der Waals surface area contributed by atoms with Crippen LogP contribution in [0.25, 0.3) is 20.9 Å². The van der Waals surface area contributed by atoms with E-state index in [1.807, 2.05) is 23.2 Å². The molecule has 8 heteroatoms. The zero-order valence-electron chi connectivity index (χ0n) is 15.3. The molecule has 5 heterocycles. The van der Waals surface area contributed by atoms with E-state index in [1.54, 1.807) is 17.5 Å². The van der Waals surface area contributed by atoms with Crippen molar-refractivity contribution in [3.8, 4) is 10.6 Å². The Bertz CT molecular complexity index is 1010. The van der Waals surface area contributed by atoms with Crippen LogP contribution in [0.3, 0.4) is 0 Å². The fourth-order valence-corrected chi connectivity index (χ4v) is 4.69. The summed E-state index contributed by atoms with van der Waals surface area (Å²) in [5.41, 5.74) is 2.70. The van der Waals surface area contributed by atoms with Gasteiger partial charge in [-0.05, 0) is 24.6 Å². The molecule has 2 fully saturated rings. The number of fused-ring (bicyclic) bond motifs is 1. The Morgan fingerprint density at radius 2 is 1.93 bits per heavy atom. The van der Waals surface area contributed by atoms with Crippen LogP contribution in [-0.2, 0) is 4.79 Å². The Labute approximate surface area is 166 Å². The van der Waals surface area contributed by atoms with Crippen LogP contribution >= 0.6 is 11.3 Å². The molecule has 3 aromatic heterocycles. The SMILES string of the molecule is O=C1CCN(c2cnc3nc(-c4ccc(N5CC[C@@H](F)C5)nc4)sc3c2)CC1. The summed E-state index contributed by atoms with van der Waals surface area (Å²) in [5.74, 6) is 1.14. The molecule has 0 aromatic carbocycles. The van der Waals surface area contributed by atoms with Gasteiger partial charge in [-0.25, -0.2) is 19.3 Å². The average Bonchev–Trinajstić information content (AvgIpc) is 3.34. The maximum absolute atomic E-state index is 13.4. The molecule has 2 aliphatic heterocycles. The minimum Gasteiger partial charge on any atom is -0.369 e. The number of hydrogen-bond donors (Lipinski definition) is 0. The number of thiazole rings is 1. The van der Waals surface area contributed by atoms with Crippen molar-refractivity contribution in [3.05, 3.63) is 30.6 Å². The minimum absolute atomic E-state index is 0.331. The van der Waals surface area contributed by atoms with Crippen LogP contribution in [0.1, 0.15) is 19.3 Å². The third-order valence-electron chi connectivity index (χ3n) is 5.37. The first-order chi connectivity index (χ1) is 13.7. The van der Waals surface area contributed by atoms with Crippen LogP contribution in [0, 0.1) is 0 Å². The molecule has 0 amide bonds. The number of Topliss-reactive ketones (excluding diaryl/α,β-unsaturated/α-hetero) is 1. The second-order valence-corrected chi connectivity index (χ2v) is 8.33. The molecule has 0 aliphatic carbocycles. The van der Waals surface area contributed by atoms with Crippen LogP contribution in [0.5, 0.6) is 0 Å². The van der Waals surface area contributed by atoms with Gasteiger partial charge < -0.3 is 9.80 Å². The van der Waals surface area contributed by atoms with Gasteiger partial charge in [0.05, 0.1) is 23.1 Å². The van der Waals surface area contributed by atoms with Crippen molar-refractivity contribution in [3.63, 3.8) is 0 Å². The number of carbonyl (C=O) groups excluding carboxylic acids is 1. The summed E-state index contributed by atoms with van der Waals surface area (Å²) in [7, 11) is 0. The number of aromatic nitrogens is 3. The van der Waals surface area contributed by atoms with E-state index in [-0.39, 0.29) is 0 Å². The first-order valence-electron chi connectivity index (χ1n) is 9.54. The molecule has 0 saturated carbocycles. The molecule has 28 heavy (non-hydrogen) atoms. The number of piperidine rings is 1. The third kappa shape index (κ3) is 3.32. The van der Waals surface area contributed by atoms with Crippen molar-refractivity contribution in [2.75, 3.05) is 36.0 Å². The zero-order valence-corrected chi connectivity index (χ0v) is 16.2. The van der Waals surface area contributed by atoms with E-state index in [9.17, 15) is 9.18 Å². The normalized spacial score (nSPS) is 20.3. The fraction of sp³-hybridized carbons (Fsp3) is 0.400. The molecule has 0 N–H and O–H groups in total. The number of hydrogen-bond acceptors (Lipinski definition) is 7. The lowest BCUT2D eigenvalue weighted by Crippen LogP contribution is -2.33. The van der Waals surface area contributed by atoms with E-state index < -0.39 is 6.17 Å². The smallest absolute Gasteiger partial charge is 0.171 e. The van der Waals surface area contributed by atoms with Gasteiger partial charge in [0, 0.05) is 44.2 Å². The van der Waals surface area contributed by atoms with Gasteiger partial charge in [0.2, 0.25) is 0 Å². The second kappa shape index (κ2) is 7.09. The Balaban J connectivity index is 1.38. The summed E-state index contributed by atoms with van der Waals surface area (Å²) >= 11 is 1.59. The van der Waals surface area contributed by atoms with E-state index in [4.69, 9.17) is 0 Å². The number of rotatable bonds is 3. The first-order valence-corrected chi connectivity index (χ1v) is 10.4. The van der Waals surface area contributed by atoms with Crippen molar-refractivity contribution in [2.45, 2.75) is 25.4 Å². The average molecular weight is 397 g/mol. The Morgan fingerprint density at radius 1 is 1.07 bits per heavy atom. The molecule has 0 unspecified atom stereocenters.